The van der Waals surface area contributed by atoms with Crippen molar-refractivity contribution in [2.75, 3.05) is 5.32 Å². The zero-order valence-electron chi connectivity index (χ0n) is 11.4. The Morgan fingerprint density at radius 3 is 2.38 bits per heavy atom. The summed E-state index contributed by atoms with van der Waals surface area (Å²) < 4.78 is 38.4. The lowest BCUT2D eigenvalue weighted by Crippen LogP contribution is -2.31. The second-order valence-electron chi connectivity index (χ2n) is 4.62. The molecule has 0 radical (unpaired) electrons. The topological polar surface area (TPSA) is 76.7 Å². The maximum Gasteiger partial charge on any atom is 0.417 e. The molecule has 0 saturated heterocycles. The molecule has 1 rings (SSSR count). The predicted octanol–water partition coefficient (Wildman–Crippen LogP) is 3.46. The molecule has 0 aliphatic rings. The van der Waals surface area contributed by atoms with Crippen LogP contribution in [0.2, 0.25) is 0 Å². The zero-order chi connectivity index (χ0) is 16.3. The van der Waals surface area contributed by atoms with E-state index in [-0.39, 0.29) is 12.1 Å². The van der Waals surface area contributed by atoms with Crippen LogP contribution in [0.4, 0.5) is 18.9 Å². The lowest BCUT2D eigenvalue weighted by Gasteiger charge is -2.19. The van der Waals surface area contributed by atoms with Gasteiger partial charge in [-0.15, -0.1) is 0 Å². The molecule has 0 saturated carbocycles. The van der Waals surface area contributed by atoms with Crippen molar-refractivity contribution in [3.05, 3.63) is 29.3 Å². The van der Waals surface area contributed by atoms with Crippen LogP contribution in [0.15, 0.2) is 18.2 Å². The van der Waals surface area contributed by atoms with Gasteiger partial charge in [0.2, 0.25) is 5.91 Å². The van der Waals surface area contributed by atoms with E-state index in [2.05, 4.69) is 5.32 Å². The zero-order valence-corrected chi connectivity index (χ0v) is 11.4. The van der Waals surface area contributed by atoms with Crippen molar-refractivity contribution in [1.29, 1.82) is 10.5 Å². The maximum atomic E-state index is 12.8. The number of carbonyl (C=O) groups is 1. The number of amides is 1. The Hall–Kier alpha value is -2.54. The number of rotatable bonds is 3. The number of nitrogens with zero attached hydrogens (tertiary/aromatic N) is 2. The summed E-state index contributed by atoms with van der Waals surface area (Å²) in [6.07, 6.45) is -4.48. The summed E-state index contributed by atoms with van der Waals surface area (Å²) >= 11 is 0. The number of nitriles is 2. The summed E-state index contributed by atoms with van der Waals surface area (Å²) in [5.41, 5.74) is -3.09. The van der Waals surface area contributed by atoms with E-state index in [1.807, 2.05) is 6.07 Å². The van der Waals surface area contributed by atoms with Crippen LogP contribution in [0.1, 0.15) is 31.4 Å². The predicted molar refractivity (Wildman–Crippen MR) is 68.8 cm³/mol. The average molecular weight is 295 g/mol. The monoisotopic (exact) mass is 295 g/mol. The van der Waals surface area contributed by atoms with Crippen LogP contribution in [-0.2, 0) is 11.0 Å². The molecule has 1 unspecified atom stereocenters. The number of benzene rings is 1. The first kappa shape index (κ1) is 16.5. The summed E-state index contributed by atoms with van der Waals surface area (Å²) in [4.78, 5) is 11.9. The van der Waals surface area contributed by atoms with Crippen LogP contribution in [0, 0.1) is 28.1 Å². The minimum atomic E-state index is -4.70. The molecule has 0 aliphatic carbocycles. The van der Waals surface area contributed by atoms with Gasteiger partial charge in [0.1, 0.15) is 5.41 Å². The molecule has 7 heteroatoms. The van der Waals surface area contributed by atoms with Gasteiger partial charge in [-0.2, -0.15) is 23.7 Å². The highest BCUT2D eigenvalue weighted by Gasteiger charge is 2.35. The van der Waals surface area contributed by atoms with Crippen LogP contribution in [-0.4, -0.2) is 5.91 Å². The number of hydrogen-bond acceptors (Lipinski definition) is 3. The number of carbonyl (C=O) groups excluding carboxylic acids is 1. The lowest BCUT2D eigenvalue weighted by molar-refractivity contribution is -0.137. The Morgan fingerprint density at radius 1 is 1.33 bits per heavy atom. The van der Waals surface area contributed by atoms with Gasteiger partial charge in [0, 0.05) is 5.69 Å². The van der Waals surface area contributed by atoms with Crippen LogP contribution >= 0.6 is 0 Å². The van der Waals surface area contributed by atoms with Crippen molar-refractivity contribution in [2.45, 2.75) is 26.4 Å². The van der Waals surface area contributed by atoms with Crippen molar-refractivity contribution >= 4 is 11.6 Å². The van der Waals surface area contributed by atoms with Gasteiger partial charge in [-0.3, -0.25) is 4.79 Å². The molecule has 1 aromatic carbocycles. The summed E-state index contributed by atoms with van der Waals surface area (Å²) in [5, 5.41) is 19.9. The van der Waals surface area contributed by atoms with Crippen LogP contribution < -0.4 is 5.32 Å². The molecule has 4 nitrogen and oxygen atoms in total. The highest BCUT2D eigenvalue weighted by Crippen LogP contribution is 2.34. The largest absolute Gasteiger partial charge is 0.417 e. The number of nitrogens with one attached hydrogen (secondary N) is 1. The Balaban J connectivity index is 3.16. The standard InChI is InChI=1S/C14H12F3N3O/c1-3-13(2,8-19)12(21)20-10-5-4-9(7-18)11(6-10)14(15,16)17/h4-6H,3H2,1-2H3,(H,20,21). The smallest absolute Gasteiger partial charge is 0.325 e. The van der Waals surface area contributed by atoms with Gasteiger partial charge in [-0.05, 0) is 31.5 Å². The average Bonchev–Trinajstić information content (AvgIpc) is 2.45. The molecule has 0 aromatic heterocycles. The quantitative estimate of drug-likeness (QED) is 0.927. The Bertz CT molecular complexity index is 640. The van der Waals surface area contributed by atoms with Gasteiger partial charge in [-0.25, -0.2) is 0 Å². The lowest BCUT2D eigenvalue weighted by atomic mass is 9.88. The molecule has 21 heavy (non-hydrogen) atoms. The van der Waals surface area contributed by atoms with E-state index in [1.165, 1.54) is 19.1 Å². The SMILES string of the molecule is CCC(C)(C#N)C(=O)Nc1ccc(C#N)c(C(F)(F)F)c1. The fourth-order valence-corrected chi connectivity index (χ4v) is 1.51. The molecule has 0 bridgehead atoms. The van der Waals surface area contributed by atoms with Crippen molar-refractivity contribution in [1.82, 2.24) is 0 Å². The van der Waals surface area contributed by atoms with Crippen molar-refractivity contribution in [3.8, 4) is 12.1 Å². The van der Waals surface area contributed by atoms with Gasteiger partial charge >= 0.3 is 6.18 Å². The van der Waals surface area contributed by atoms with Gasteiger partial charge in [0.05, 0.1) is 23.3 Å². The third-order valence-corrected chi connectivity index (χ3v) is 3.16. The van der Waals surface area contributed by atoms with Crippen LogP contribution in [0.5, 0.6) is 0 Å². The van der Waals surface area contributed by atoms with E-state index in [0.29, 0.717) is 6.07 Å². The molecule has 0 fully saturated rings. The van der Waals surface area contributed by atoms with Crippen LogP contribution in [0.3, 0.4) is 0 Å². The summed E-state index contributed by atoms with van der Waals surface area (Å²) in [7, 11) is 0. The first-order valence-corrected chi connectivity index (χ1v) is 6.02. The molecule has 0 aliphatic heterocycles. The van der Waals surface area contributed by atoms with Crippen LogP contribution in [0.25, 0.3) is 0 Å². The molecule has 1 N–H and O–H groups in total. The molecule has 0 spiro atoms. The van der Waals surface area contributed by atoms with Gasteiger partial charge in [0.25, 0.3) is 0 Å². The van der Waals surface area contributed by atoms with E-state index in [1.54, 1.807) is 6.92 Å². The molecule has 1 amide bonds. The van der Waals surface area contributed by atoms with Crippen molar-refractivity contribution in [3.63, 3.8) is 0 Å². The first-order chi connectivity index (χ1) is 9.67. The second-order valence-corrected chi connectivity index (χ2v) is 4.62. The van der Waals surface area contributed by atoms with E-state index in [4.69, 9.17) is 10.5 Å². The van der Waals surface area contributed by atoms with Gasteiger partial charge in [-0.1, -0.05) is 6.92 Å². The highest BCUT2D eigenvalue weighted by atomic mass is 19.4. The molecule has 1 atom stereocenters. The minimum absolute atomic E-state index is 0.110. The van der Waals surface area contributed by atoms with Gasteiger partial charge in [0.15, 0.2) is 0 Å². The third-order valence-electron chi connectivity index (χ3n) is 3.16. The molecule has 110 valence electrons. The fourth-order valence-electron chi connectivity index (χ4n) is 1.51. The molecular weight excluding hydrogens is 283 g/mol. The number of hydrogen-bond donors (Lipinski definition) is 1. The Morgan fingerprint density at radius 2 is 1.95 bits per heavy atom. The first-order valence-electron chi connectivity index (χ1n) is 6.02. The summed E-state index contributed by atoms with van der Waals surface area (Å²) in [6.45, 7) is 3.03. The molecule has 1 aromatic rings. The maximum absolute atomic E-state index is 12.8. The van der Waals surface area contributed by atoms with E-state index < -0.39 is 28.6 Å². The highest BCUT2D eigenvalue weighted by molar-refractivity contribution is 5.97. The number of alkyl halides is 3. The molecule has 0 heterocycles. The second kappa shape index (κ2) is 5.84. The Labute approximate surface area is 119 Å². The normalized spacial score (nSPS) is 13.7. The van der Waals surface area contributed by atoms with E-state index in [0.717, 1.165) is 6.07 Å². The summed E-state index contributed by atoms with van der Waals surface area (Å²) in [5.74, 6) is -0.690. The van der Waals surface area contributed by atoms with Crippen molar-refractivity contribution in [2.24, 2.45) is 5.41 Å². The fraction of sp³-hybridized carbons (Fsp3) is 0.357. The van der Waals surface area contributed by atoms with Gasteiger partial charge < -0.3 is 5.32 Å². The Kier molecular flexibility index (Phi) is 4.59. The molecular formula is C14H12F3N3O. The third kappa shape index (κ3) is 3.51. The number of anilines is 1. The minimum Gasteiger partial charge on any atom is -0.325 e. The summed E-state index contributed by atoms with van der Waals surface area (Å²) in [6, 6.07) is 6.14. The van der Waals surface area contributed by atoms with E-state index >= 15 is 0 Å². The van der Waals surface area contributed by atoms with E-state index in [9.17, 15) is 18.0 Å². The van der Waals surface area contributed by atoms with Crippen molar-refractivity contribution < 1.29 is 18.0 Å². The number of halogens is 3.